The summed E-state index contributed by atoms with van der Waals surface area (Å²) in [5.74, 6) is 0.480. The van der Waals surface area contributed by atoms with Crippen LogP contribution < -0.4 is 4.90 Å². The zero-order chi connectivity index (χ0) is 21.1. The van der Waals surface area contributed by atoms with Crippen molar-refractivity contribution in [2.45, 2.75) is 10.6 Å². The van der Waals surface area contributed by atoms with E-state index < -0.39 is 10.8 Å². The summed E-state index contributed by atoms with van der Waals surface area (Å²) in [6, 6.07) is 17.2. The molecule has 1 amide bonds. The zero-order valence-electron chi connectivity index (χ0n) is 16.1. The third kappa shape index (κ3) is 4.65. The monoisotopic (exact) mass is 490 g/mol. The third-order valence-corrected chi connectivity index (χ3v) is 6.86. The van der Waals surface area contributed by atoms with Crippen LogP contribution in [0.4, 0.5) is 10.1 Å². The smallest absolute Gasteiger partial charge is 0.289 e. The van der Waals surface area contributed by atoms with Crippen molar-refractivity contribution in [3.8, 4) is 0 Å². The summed E-state index contributed by atoms with van der Waals surface area (Å²) >= 11 is 3.36. The van der Waals surface area contributed by atoms with Gasteiger partial charge in [0.25, 0.3) is 5.91 Å². The molecule has 156 valence electrons. The van der Waals surface area contributed by atoms with E-state index in [0.717, 1.165) is 4.47 Å². The number of carbonyl (C=O) groups excluding carboxylic acids is 1. The molecule has 0 saturated carbocycles. The zero-order valence-corrected chi connectivity index (χ0v) is 18.5. The minimum atomic E-state index is -1.26. The molecule has 0 radical (unpaired) electrons. The van der Waals surface area contributed by atoms with Crippen LogP contribution in [-0.4, -0.2) is 41.2 Å². The van der Waals surface area contributed by atoms with E-state index in [2.05, 4.69) is 15.9 Å². The Morgan fingerprint density at radius 3 is 2.40 bits per heavy atom. The molecule has 0 aliphatic carbocycles. The number of rotatable bonds is 5. The maximum Gasteiger partial charge on any atom is 0.289 e. The molecule has 1 aromatic heterocycles. The highest BCUT2D eigenvalue weighted by molar-refractivity contribution is 9.10. The Morgan fingerprint density at radius 1 is 1.00 bits per heavy atom. The number of carbonyl (C=O) groups is 1. The Balaban J connectivity index is 1.36. The molecule has 1 atom stereocenters. The summed E-state index contributed by atoms with van der Waals surface area (Å²) in [6.45, 7) is 2.06. The molecular formula is C22H20BrFN2O3S. The van der Waals surface area contributed by atoms with Crippen molar-refractivity contribution < 1.29 is 17.8 Å². The predicted octanol–water partition coefficient (Wildman–Crippen LogP) is 4.45. The molecule has 0 N–H and O–H groups in total. The third-order valence-electron chi connectivity index (χ3n) is 4.98. The lowest BCUT2D eigenvalue weighted by Gasteiger charge is -2.35. The second-order valence-electron chi connectivity index (χ2n) is 6.94. The fourth-order valence-corrected chi connectivity index (χ4v) is 4.67. The van der Waals surface area contributed by atoms with Crippen molar-refractivity contribution in [2.24, 2.45) is 0 Å². The summed E-state index contributed by atoms with van der Waals surface area (Å²) in [5.41, 5.74) is 0.556. The Labute approximate surface area is 185 Å². The lowest BCUT2D eigenvalue weighted by Crippen LogP contribution is -2.49. The maximum atomic E-state index is 14.0. The quantitative estimate of drug-likeness (QED) is 0.530. The van der Waals surface area contributed by atoms with E-state index in [1.54, 1.807) is 47.4 Å². The van der Waals surface area contributed by atoms with Gasteiger partial charge < -0.3 is 14.2 Å². The number of amides is 1. The molecule has 1 aliphatic rings. The van der Waals surface area contributed by atoms with E-state index in [1.165, 1.54) is 6.07 Å². The summed E-state index contributed by atoms with van der Waals surface area (Å²) in [6.07, 6.45) is 0. The predicted molar refractivity (Wildman–Crippen MR) is 117 cm³/mol. The number of benzene rings is 2. The Kier molecular flexibility index (Phi) is 6.34. The highest BCUT2D eigenvalue weighted by atomic mass is 79.9. The average molecular weight is 491 g/mol. The molecular weight excluding hydrogens is 471 g/mol. The number of halogens is 2. The van der Waals surface area contributed by atoms with Crippen LogP contribution in [0.1, 0.15) is 16.3 Å². The lowest BCUT2D eigenvalue weighted by molar-refractivity contribution is 0.0713. The fraction of sp³-hybridized carbons (Fsp3) is 0.227. The first-order valence-corrected chi connectivity index (χ1v) is 11.6. The molecule has 1 saturated heterocycles. The normalized spacial score (nSPS) is 15.3. The first-order valence-electron chi connectivity index (χ1n) is 9.52. The minimum absolute atomic E-state index is 0.204. The van der Waals surface area contributed by atoms with Crippen molar-refractivity contribution in [3.63, 3.8) is 0 Å². The molecule has 0 unspecified atom stereocenters. The Morgan fingerprint density at radius 2 is 1.70 bits per heavy atom. The highest BCUT2D eigenvalue weighted by Gasteiger charge is 2.25. The Bertz CT molecular complexity index is 1060. The summed E-state index contributed by atoms with van der Waals surface area (Å²) in [7, 11) is -1.26. The number of piperazine rings is 1. The average Bonchev–Trinajstić information content (AvgIpc) is 3.22. The second-order valence-corrected chi connectivity index (χ2v) is 9.31. The molecule has 3 aromatic rings. The van der Waals surface area contributed by atoms with Crippen LogP contribution in [-0.2, 0) is 16.6 Å². The van der Waals surface area contributed by atoms with Gasteiger partial charge in [-0.3, -0.25) is 9.00 Å². The highest BCUT2D eigenvalue weighted by Crippen LogP contribution is 2.22. The van der Waals surface area contributed by atoms with E-state index in [4.69, 9.17) is 4.42 Å². The molecule has 2 heterocycles. The van der Waals surface area contributed by atoms with Gasteiger partial charge in [-0.05, 0) is 48.5 Å². The van der Waals surface area contributed by atoms with Gasteiger partial charge in [-0.15, -0.1) is 0 Å². The van der Waals surface area contributed by atoms with Gasteiger partial charge in [0.05, 0.1) is 22.2 Å². The summed E-state index contributed by atoms with van der Waals surface area (Å²) in [5, 5.41) is 0. The van der Waals surface area contributed by atoms with E-state index in [1.807, 2.05) is 17.0 Å². The van der Waals surface area contributed by atoms with Gasteiger partial charge >= 0.3 is 0 Å². The van der Waals surface area contributed by atoms with Gasteiger partial charge in [-0.1, -0.05) is 28.1 Å². The molecule has 0 bridgehead atoms. The topological polar surface area (TPSA) is 53.8 Å². The van der Waals surface area contributed by atoms with Crippen molar-refractivity contribution >= 4 is 38.3 Å². The molecule has 1 aliphatic heterocycles. The van der Waals surface area contributed by atoms with Gasteiger partial charge in [-0.25, -0.2) is 4.39 Å². The van der Waals surface area contributed by atoms with Crippen LogP contribution in [0.2, 0.25) is 0 Å². The van der Waals surface area contributed by atoms with Crippen LogP contribution in [0.3, 0.4) is 0 Å². The van der Waals surface area contributed by atoms with E-state index in [-0.39, 0.29) is 23.2 Å². The number of anilines is 1. The van der Waals surface area contributed by atoms with Gasteiger partial charge in [-0.2, -0.15) is 0 Å². The van der Waals surface area contributed by atoms with Crippen molar-refractivity contribution in [3.05, 3.63) is 82.5 Å². The first kappa shape index (κ1) is 20.8. The van der Waals surface area contributed by atoms with E-state index in [0.29, 0.717) is 42.5 Å². The molecule has 5 nitrogen and oxygen atoms in total. The Hall–Kier alpha value is -2.45. The van der Waals surface area contributed by atoms with Crippen LogP contribution >= 0.6 is 15.9 Å². The van der Waals surface area contributed by atoms with E-state index >= 15 is 0 Å². The molecule has 30 heavy (non-hydrogen) atoms. The molecule has 2 aromatic carbocycles. The summed E-state index contributed by atoms with van der Waals surface area (Å²) < 4.78 is 33.1. The van der Waals surface area contributed by atoms with E-state index in [9.17, 15) is 13.4 Å². The lowest BCUT2D eigenvalue weighted by atomic mass is 10.2. The minimum Gasteiger partial charge on any atom is -0.455 e. The second kappa shape index (κ2) is 9.14. The van der Waals surface area contributed by atoms with Crippen LogP contribution in [0.25, 0.3) is 0 Å². The van der Waals surface area contributed by atoms with Crippen molar-refractivity contribution in [1.82, 2.24) is 4.90 Å². The van der Waals surface area contributed by atoms with Gasteiger partial charge in [0.2, 0.25) is 0 Å². The number of nitrogens with zero attached hydrogens (tertiary/aromatic N) is 2. The maximum absolute atomic E-state index is 14.0. The molecule has 0 spiro atoms. The first-order chi connectivity index (χ1) is 14.5. The van der Waals surface area contributed by atoms with Gasteiger partial charge in [0, 0.05) is 35.5 Å². The SMILES string of the molecule is O=C(c1ccc(C[S@](=O)c2ccc(Br)cc2)o1)N1CCN(c2ccccc2F)CC1. The number of para-hydroxylation sites is 1. The summed E-state index contributed by atoms with van der Waals surface area (Å²) in [4.78, 5) is 17.1. The van der Waals surface area contributed by atoms with Crippen molar-refractivity contribution in [2.75, 3.05) is 31.1 Å². The van der Waals surface area contributed by atoms with Crippen molar-refractivity contribution in [1.29, 1.82) is 0 Å². The van der Waals surface area contributed by atoms with Crippen LogP contribution in [0, 0.1) is 5.82 Å². The molecule has 1 fully saturated rings. The molecule has 8 heteroatoms. The largest absolute Gasteiger partial charge is 0.455 e. The number of hydrogen-bond acceptors (Lipinski definition) is 4. The van der Waals surface area contributed by atoms with Crippen LogP contribution in [0.15, 0.2) is 74.4 Å². The standard InChI is InChI=1S/C22H20BrFN2O3S/c23-16-5-8-18(9-6-16)30(28)15-17-7-10-21(29-17)22(27)26-13-11-25(12-14-26)20-4-2-1-3-19(20)24/h1-10H,11-15H2/t30-/m0/s1. The van der Waals surface area contributed by atoms with Gasteiger partial charge in [0.15, 0.2) is 5.76 Å². The van der Waals surface area contributed by atoms with Gasteiger partial charge in [0.1, 0.15) is 11.6 Å². The fourth-order valence-electron chi connectivity index (χ4n) is 3.38. The molecule has 4 rings (SSSR count). The number of furan rings is 1. The number of hydrogen-bond donors (Lipinski definition) is 0. The van der Waals surface area contributed by atoms with Crippen LogP contribution in [0.5, 0.6) is 0 Å².